The van der Waals surface area contributed by atoms with E-state index < -0.39 is 5.60 Å². The Balaban J connectivity index is 2.81. The number of carbonyl (C=O) groups excluding carboxylic acids is 1. The van der Waals surface area contributed by atoms with Crippen LogP contribution in [0.25, 0.3) is 0 Å². The molecule has 0 aromatic rings. The van der Waals surface area contributed by atoms with E-state index in [9.17, 15) is 9.90 Å². The normalized spacial score (nSPS) is 28.5. The van der Waals surface area contributed by atoms with E-state index in [2.05, 4.69) is 11.8 Å². The molecule has 1 aliphatic rings. The molecule has 1 rings (SSSR count). The number of ketones is 1. The Morgan fingerprint density at radius 3 is 2.46 bits per heavy atom. The summed E-state index contributed by atoms with van der Waals surface area (Å²) in [6, 6.07) is 0. The topological polar surface area (TPSA) is 37.3 Å². The molecule has 13 heavy (non-hydrogen) atoms. The van der Waals surface area contributed by atoms with Gasteiger partial charge >= 0.3 is 0 Å². The smallest absolute Gasteiger partial charge is 0.184 e. The van der Waals surface area contributed by atoms with E-state index in [1.54, 1.807) is 0 Å². The Morgan fingerprint density at radius 1 is 1.46 bits per heavy atom. The molecule has 1 fully saturated rings. The van der Waals surface area contributed by atoms with Gasteiger partial charge in [-0.2, -0.15) is 0 Å². The van der Waals surface area contributed by atoms with Gasteiger partial charge in [-0.1, -0.05) is 11.8 Å². The molecule has 0 saturated heterocycles. The van der Waals surface area contributed by atoms with E-state index in [0.29, 0.717) is 12.8 Å². The van der Waals surface area contributed by atoms with Crippen LogP contribution in [-0.4, -0.2) is 16.5 Å². The first-order valence-electron chi connectivity index (χ1n) is 4.63. The second-order valence-electron chi connectivity index (χ2n) is 4.64. The van der Waals surface area contributed by atoms with Crippen molar-refractivity contribution in [1.82, 2.24) is 0 Å². The van der Waals surface area contributed by atoms with Crippen molar-refractivity contribution in [2.75, 3.05) is 0 Å². The summed E-state index contributed by atoms with van der Waals surface area (Å²) in [6.45, 7) is 5.88. The number of aliphatic hydroxyl groups is 1. The molecule has 1 saturated carbocycles. The van der Waals surface area contributed by atoms with Crippen LogP contribution in [0.15, 0.2) is 0 Å². The van der Waals surface area contributed by atoms with Crippen molar-refractivity contribution in [3.63, 3.8) is 0 Å². The maximum atomic E-state index is 11.3. The van der Waals surface area contributed by atoms with Crippen molar-refractivity contribution in [3.8, 4) is 11.8 Å². The summed E-state index contributed by atoms with van der Waals surface area (Å²) in [5.74, 6) is 5.50. The van der Waals surface area contributed by atoms with Crippen molar-refractivity contribution >= 4 is 5.78 Å². The molecule has 0 heterocycles. The van der Waals surface area contributed by atoms with Gasteiger partial charge in [0.25, 0.3) is 0 Å². The molecule has 0 aliphatic heterocycles. The molecule has 0 amide bonds. The third-order valence-electron chi connectivity index (χ3n) is 2.05. The van der Waals surface area contributed by atoms with Crippen LogP contribution in [0.3, 0.4) is 0 Å². The monoisotopic (exact) mass is 180 g/mol. The van der Waals surface area contributed by atoms with E-state index in [-0.39, 0.29) is 11.2 Å². The molecule has 2 heteroatoms. The average Bonchev–Trinajstić information content (AvgIpc) is 2.29. The maximum absolute atomic E-state index is 11.3. The fraction of sp³-hybridized carbons (Fsp3) is 0.727. The highest BCUT2D eigenvalue weighted by atomic mass is 16.3. The Morgan fingerprint density at radius 2 is 2.08 bits per heavy atom. The molecule has 1 aliphatic carbocycles. The van der Waals surface area contributed by atoms with Crippen LogP contribution in [0.4, 0.5) is 0 Å². The fourth-order valence-corrected chi connectivity index (χ4v) is 1.27. The molecule has 1 unspecified atom stereocenters. The number of hydrogen-bond donors (Lipinski definition) is 1. The van der Waals surface area contributed by atoms with Gasteiger partial charge in [-0.15, -0.1) is 0 Å². The van der Waals surface area contributed by atoms with E-state index >= 15 is 0 Å². The van der Waals surface area contributed by atoms with Crippen molar-refractivity contribution < 1.29 is 9.90 Å². The average molecular weight is 180 g/mol. The van der Waals surface area contributed by atoms with Crippen LogP contribution in [-0.2, 0) is 4.79 Å². The van der Waals surface area contributed by atoms with E-state index in [0.717, 1.165) is 6.42 Å². The first-order chi connectivity index (χ1) is 5.83. The van der Waals surface area contributed by atoms with Crippen LogP contribution in [0.5, 0.6) is 0 Å². The minimum atomic E-state index is -1.34. The van der Waals surface area contributed by atoms with Gasteiger partial charge in [-0.3, -0.25) is 4.79 Å². The van der Waals surface area contributed by atoms with Crippen molar-refractivity contribution in [2.45, 2.75) is 45.6 Å². The number of Topliss-reactive ketones (excluding diaryl/α,β-unsaturated/α-hetero) is 1. The third kappa shape index (κ3) is 2.57. The van der Waals surface area contributed by atoms with Gasteiger partial charge in [0.2, 0.25) is 0 Å². The second kappa shape index (κ2) is 3.16. The van der Waals surface area contributed by atoms with Gasteiger partial charge in [-0.05, 0) is 33.6 Å². The highest BCUT2D eigenvalue weighted by Crippen LogP contribution is 2.25. The summed E-state index contributed by atoms with van der Waals surface area (Å²) >= 11 is 0. The quantitative estimate of drug-likeness (QED) is 0.574. The van der Waals surface area contributed by atoms with Crippen LogP contribution in [0, 0.1) is 17.3 Å². The summed E-state index contributed by atoms with van der Waals surface area (Å²) in [7, 11) is 0. The van der Waals surface area contributed by atoms with Gasteiger partial charge < -0.3 is 5.11 Å². The van der Waals surface area contributed by atoms with Crippen LogP contribution in [0.2, 0.25) is 0 Å². The molecule has 0 aromatic carbocycles. The molecule has 0 radical (unpaired) electrons. The van der Waals surface area contributed by atoms with E-state index in [4.69, 9.17) is 0 Å². The predicted octanol–water partition coefficient (Wildman–Crippen LogP) is 1.52. The molecule has 2 nitrogen and oxygen atoms in total. The highest BCUT2D eigenvalue weighted by Gasteiger charge is 2.38. The van der Waals surface area contributed by atoms with E-state index in [1.807, 2.05) is 20.8 Å². The highest BCUT2D eigenvalue weighted by molar-refractivity contribution is 5.92. The minimum Gasteiger partial charge on any atom is -0.371 e. The largest absolute Gasteiger partial charge is 0.371 e. The second-order valence-corrected chi connectivity index (χ2v) is 4.64. The van der Waals surface area contributed by atoms with Gasteiger partial charge in [0, 0.05) is 11.8 Å². The van der Waals surface area contributed by atoms with Crippen LogP contribution >= 0.6 is 0 Å². The Kier molecular flexibility index (Phi) is 2.49. The van der Waals surface area contributed by atoms with E-state index in [1.165, 1.54) is 0 Å². The number of rotatable bonds is 0. The standard InChI is InChI=1S/C11H16O2/c1-10(2,3)7-8-11(13)6-4-5-9(11)12/h13H,4-6H2,1-3H3. The molecular formula is C11H16O2. The van der Waals surface area contributed by atoms with Crippen LogP contribution < -0.4 is 0 Å². The van der Waals surface area contributed by atoms with Crippen molar-refractivity contribution in [2.24, 2.45) is 5.41 Å². The molecule has 1 N–H and O–H groups in total. The summed E-state index contributed by atoms with van der Waals surface area (Å²) < 4.78 is 0. The summed E-state index contributed by atoms with van der Waals surface area (Å²) in [5, 5.41) is 9.80. The fourth-order valence-electron chi connectivity index (χ4n) is 1.27. The first-order valence-corrected chi connectivity index (χ1v) is 4.63. The Hall–Kier alpha value is -0.810. The first kappa shape index (κ1) is 10.3. The number of hydrogen-bond acceptors (Lipinski definition) is 2. The van der Waals surface area contributed by atoms with Crippen molar-refractivity contribution in [1.29, 1.82) is 0 Å². The lowest BCUT2D eigenvalue weighted by Crippen LogP contribution is -2.31. The minimum absolute atomic E-state index is 0.121. The molecule has 0 bridgehead atoms. The molecule has 0 spiro atoms. The third-order valence-corrected chi connectivity index (χ3v) is 2.05. The van der Waals surface area contributed by atoms with Gasteiger partial charge in [0.05, 0.1) is 0 Å². The Bertz CT molecular complexity index is 275. The SMILES string of the molecule is CC(C)(C)C#CC1(O)CCCC1=O. The zero-order valence-corrected chi connectivity index (χ0v) is 8.48. The van der Waals surface area contributed by atoms with Gasteiger partial charge in [0.1, 0.15) is 0 Å². The molecule has 72 valence electrons. The van der Waals surface area contributed by atoms with Gasteiger partial charge in [0.15, 0.2) is 11.4 Å². The zero-order chi connectivity index (χ0) is 10.1. The summed E-state index contributed by atoms with van der Waals surface area (Å²) in [5.41, 5.74) is -1.49. The summed E-state index contributed by atoms with van der Waals surface area (Å²) in [4.78, 5) is 11.3. The van der Waals surface area contributed by atoms with Crippen molar-refractivity contribution in [3.05, 3.63) is 0 Å². The Labute approximate surface area is 79.3 Å². The maximum Gasteiger partial charge on any atom is 0.184 e. The molecule has 0 aromatic heterocycles. The summed E-state index contributed by atoms with van der Waals surface area (Å²) in [6.07, 6.45) is 1.72. The predicted molar refractivity (Wildman–Crippen MR) is 51.0 cm³/mol. The van der Waals surface area contributed by atoms with Gasteiger partial charge in [-0.25, -0.2) is 0 Å². The number of carbonyl (C=O) groups is 1. The van der Waals surface area contributed by atoms with Crippen LogP contribution in [0.1, 0.15) is 40.0 Å². The lowest BCUT2D eigenvalue weighted by molar-refractivity contribution is -0.128. The zero-order valence-electron chi connectivity index (χ0n) is 8.48. The lowest BCUT2D eigenvalue weighted by atomic mass is 9.94. The molecular weight excluding hydrogens is 164 g/mol. The lowest BCUT2D eigenvalue weighted by Gasteiger charge is -2.14. The molecule has 1 atom stereocenters.